The highest BCUT2D eigenvalue weighted by atomic mass is 32.2. The molecule has 3 aromatic rings. The van der Waals surface area contributed by atoms with E-state index in [0.29, 0.717) is 5.52 Å². The zero-order valence-electron chi connectivity index (χ0n) is 13.2. The summed E-state index contributed by atoms with van der Waals surface area (Å²) in [5.74, 6) is -0.605. The van der Waals surface area contributed by atoms with Crippen LogP contribution in [0, 0.1) is 17.0 Å². The molecule has 0 atom stereocenters. The van der Waals surface area contributed by atoms with Gasteiger partial charge in [0, 0.05) is 19.2 Å². The van der Waals surface area contributed by atoms with Crippen LogP contribution in [0.3, 0.4) is 0 Å². The van der Waals surface area contributed by atoms with E-state index in [1.807, 2.05) is 0 Å². The molecule has 0 aliphatic rings. The zero-order chi connectivity index (χ0) is 18.4. The van der Waals surface area contributed by atoms with Crippen molar-refractivity contribution >= 4 is 32.5 Å². The Morgan fingerprint density at radius 2 is 1.96 bits per heavy atom. The third-order valence-corrected chi connectivity index (χ3v) is 5.18. The Kier molecular flexibility index (Phi) is 3.84. The van der Waals surface area contributed by atoms with Gasteiger partial charge in [-0.3, -0.25) is 19.4 Å². The standard InChI is InChI=1S/C15H13N3O6S/c1-9-11(4-3-5-12(9)18(20)21)16-25(22,23)10-6-7-13-14(8-10)24-15(19)17(13)2/h3-8,16H,1-2H3. The van der Waals surface area contributed by atoms with Crippen molar-refractivity contribution < 1.29 is 17.8 Å². The van der Waals surface area contributed by atoms with Gasteiger partial charge in [0.15, 0.2) is 5.58 Å². The maximum absolute atomic E-state index is 12.6. The van der Waals surface area contributed by atoms with Crippen LogP contribution in [-0.4, -0.2) is 17.9 Å². The van der Waals surface area contributed by atoms with Crippen LogP contribution in [0.5, 0.6) is 0 Å². The molecule has 0 unspecified atom stereocenters. The first-order chi connectivity index (χ1) is 11.7. The van der Waals surface area contributed by atoms with Crippen molar-refractivity contribution in [2.45, 2.75) is 11.8 Å². The fourth-order valence-electron chi connectivity index (χ4n) is 2.42. The van der Waals surface area contributed by atoms with Crippen LogP contribution in [0.4, 0.5) is 11.4 Å². The predicted octanol–water partition coefficient (Wildman–Crippen LogP) is 2.15. The Labute approximate surface area is 141 Å². The normalized spacial score (nSPS) is 11.6. The van der Waals surface area contributed by atoms with Gasteiger partial charge in [0.25, 0.3) is 15.7 Å². The highest BCUT2D eigenvalue weighted by Crippen LogP contribution is 2.27. The number of aryl methyl sites for hydroxylation is 1. The number of nitro benzene ring substituents is 1. The molecule has 0 aliphatic carbocycles. The summed E-state index contributed by atoms with van der Waals surface area (Å²) < 4.78 is 33.7. The summed E-state index contributed by atoms with van der Waals surface area (Å²) in [5, 5.41) is 11.0. The molecule has 0 amide bonds. The number of rotatable bonds is 4. The lowest BCUT2D eigenvalue weighted by Gasteiger charge is -2.10. The number of aromatic nitrogens is 1. The summed E-state index contributed by atoms with van der Waals surface area (Å²) >= 11 is 0. The van der Waals surface area contributed by atoms with E-state index in [0.717, 1.165) is 0 Å². The number of benzene rings is 2. The monoisotopic (exact) mass is 363 g/mol. The lowest BCUT2D eigenvalue weighted by atomic mass is 10.2. The highest BCUT2D eigenvalue weighted by molar-refractivity contribution is 7.92. The largest absolute Gasteiger partial charge is 0.419 e. The smallest absolute Gasteiger partial charge is 0.408 e. The number of fused-ring (bicyclic) bond motifs is 1. The van der Waals surface area contributed by atoms with E-state index in [1.165, 1.54) is 54.9 Å². The number of nitro groups is 1. The Balaban J connectivity index is 2.04. The van der Waals surface area contributed by atoms with E-state index in [9.17, 15) is 23.3 Å². The molecule has 0 radical (unpaired) electrons. The van der Waals surface area contributed by atoms with E-state index in [-0.39, 0.29) is 27.4 Å². The fourth-order valence-corrected chi connectivity index (χ4v) is 3.55. The molecule has 0 spiro atoms. The molecule has 0 saturated heterocycles. The molecule has 10 heteroatoms. The van der Waals surface area contributed by atoms with E-state index < -0.39 is 20.7 Å². The SMILES string of the molecule is Cc1c(NS(=O)(=O)c2ccc3c(c2)oc(=O)n3C)cccc1[N+](=O)[O-]. The minimum Gasteiger partial charge on any atom is -0.408 e. The van der Waals surface area contributed by atoms with Gasteiger partial charge >= 0.3 is 5.76 Å². The first-order valence-electron chi connectivity index (χ1n) is 7.07. The molecule has 130 valence electrons. The van der Waals surface area contributed by atoms with Gasteiger partial charge in [-0.1, -0.05) is 6.07 Å². The molecule has 3 rings (SSSR count). The molecule has 0 saturated carbocycles. The summed E-state index contributed by atoms with van der Waals surface area (Å²) in [6.45, 7) is 1.45. The van der Waals surface area contributed by atoms with Gasteiger partial charge < -0.3 is 4.42 Å². The Hall–Kier alpha value is -3.14. The number of hydrogen-bond donors (Lipinski definition) is 1. The van der Waals surface area contributed by atoms with E-state index in [1.54, 1.807) is 0 Å². The van der Waals surface area contributed by atoms with Crippen LogP contribution in [0.2, 0.25) is 0 Å². The number of anilines is 1. The topological polar surface area (TPSA) is 124 Å². The summed E-state index contributed by atoms with van der Waals surface area (Å²) in [4.78, 5) is 21.8. The average molecular weight is 363 g/mol. The van der Waals surface area contributed by atoms with E-state index >= 15 is 0 Å². The van der Waals surface area contributed by atoms with Gasteiger partial charge in [-0.2, -0.15) is 0 Å². The number of nitrogens with zero attached hydrogens (tertiary/aromatic N) is 2. The van der Waals surface area contributed by atoms with Gasteiger partial charge in [0.2, 0.25) is 0 Å². The van der Waals surface area contributed by atoms with Crippen LogP contribution in [0.25, 0.3) is 11.1 Å². The molecular weight excluding hydrogens is 350 g/mol. The summed E-state index contributed by atoms with van der Waals surface area (Å²) in [7, 11) is -2.51. The van der Waals surface area contributed by atoms with Crippen molar-refractivity contribution in [3.8, 4) is 0 Å². The second-order valence-electron chi connectivity index (χ2n) is 5.37. The molecule has 0 aliphatic heterocycles. The molecule has 2 aromatic carbocycles. The zero-order valence-corrected chi connectivity index (χ0v) is 14.0. The van der Waals surface area contributed by atoms with Crippen molar-refractivity contribution in [2.24, 2.45) is 7.05 Å². The van der Waals surface area contributed by atoms with Crippen LogP contribution in [-0.2, 0) is 17.1 Å². The van der Waals surface area contributed by atoms with E-state index in [2.05, 4.69) is 4.72 Å². The van der Waals surface area contributed by atoms with Crippen LogP contribution >= 0.6 is 0 Å². The lowest BCUT2D eigenvalue weighted by Crippen LogP contribution is -2.14. The predicted molar refractivity (Wildman–Crippen MR) is 90.1 cm³/mol. The second kappa shape index (κ2) is 5.74. The van der Waals surface area contributed by atoms with Crippen LogP contribution < -0.4 is 10.5 Å². The number of sulfonamides is 1. The lowest BCUT2D eigenvalue weighted by molar-refractivity contribution is -0.385. The van der Waals surface area contributed by atoms with Crippen molar-refractivity contribution in [1.82, 2.24) is 4.57 Å². The van der Waals surface area contributed by atoms with Gasteiger partial charge in [0.05, 0.1) is 26.6 Å². The maximum Gasteiger partial charge on any atom is 0.419 e. The average Bonchev–Trinajstić information content (AvgIpc) is 2.83. The molecule has 9 nitrogen and oxygen atoms in total. The van der Waals surface area contributed by atoms with Gasteiger partial charge in [-0.15, -0.1) is 0 Å². The highest BCUT2D eigenvalue weighted by Gasteiger charge is 2.20. The summed E-state index contributed by atoms with van der Waals surface area (Å²) in [6.07, 6.45) is 0. The third-order valence-electron chi connectivity index (χ3n) is 3.82. The first kappa shape index (κ1) is 16.7. The summed E-state index contributed by atoms with van der Waals surface area (Å²) in [6, 6.07) is 8.12. The van der Waals surface area contributed by atoms with E-state index in [4.69, 9.17) is 4.42 Å². The third kappa shape index (κ3) is 2.87. The second-order valence-corrected chi connectivity index (χ2v) is 7.05. The molecule has 1 N–H and O–H groups in total. The molecule has 25 heavy (non-hydrogen) atoms. The Morgan fingerprint density at radius 1 is 1.24 bits per heavy atom. The maximum atomic E-state index is 12.6. The van der Waals surface area contributed by atoms with Crippen molar-refractivity contribution in [2.75, 3.05) is 4.72 Å². The first-order valence-corrected chi connectivity index (χ1v) is 8.55. The van der Waals surface area contributed by atoms with Crippen molar-refractivity contribution in [1.29, 1.82) is 0 Å². The molecule has 0 bridgehead atoms. The molecule has 0 fully saturated rings. The number of hydrogen-bond acceptors (Lipinski definition) is 6. The Morgan fingerprint density at radius 3 is 2.64 bits per heavy atom. The van der Waals surface area contributed by atoms with Gasteiger partial charge in [0.1, 0.15) is 0 Å². The minimum absolute atomic E-state index is 0.101. The molecule has 1 aromatic heterocycles. The van der Waals surface area contributed by atoms with Gasteiger partial charge in [-0.05, 0) is 25.1 Å². The quantitative estimate of drug-likeness (QED) is 0.559. The van der Waals surface area contributed by atoms with Crippen LogP contribution in [0.15, 0.2) is 50.5 Å². The molecule has 1 heterocycles. The number of oxazole rings is 1. The molecular formula is C15H13N3O6S. The fraction of sp³-hybridized carbons (Fsp3) is 0.133. The van der Waals surface area contributed by atoms with Crippen molar-refractivity contribution in [3.63, 3.8) is 0 Å². The Bertz CT molecular complexity index is 1160. The minimum atomic E-state index is -4.02. The van der Waals surface area contributed by atoms with Crippen molar-refractivity contribution in [3.05, 3.63) is 62.6 Å². The number of nitrogens with one attached hydrogen (secondary N) is 1. The van der Waals surface area contributed by atoms with Gasteiger partial charge in [-0.25, -0.2) is 13.2 Å². The summed E-state index contributed by atoms with van der Waals surface area (Å²) in [5.41, 5.74) is 0.693. The van der Waals surface area contributed by atoms with Crippen LogP contribution in [0.1, 0.15) is 5.56 Å².